The number of ether oxygens (including phenoxy) is 1. The second kappa shape index (κ2) is 11.0. The van der Waals surface area contributed by atoms with Crippen LogP contribution in [0.2, 0.25) is 0 Å². The molecule has 5 rings (SSSR count). The lowest BCUT2D eigenvalue weighted by atomic mass is 10.0. The second-order valence-corrected chi connectivity index (χ2v) is 11.3. The summed E-state index contributed by atoms with van der Waals surface area (Å²) < 4.78 is 61.3. The maximum atomic E-state index is 15.6. The van der Waals surface area contributed by atoms with E-state index in [1.165, 1.54) is 18.2 Å². The van der Waals surface area contributed by atoms with E-state index in [1.54, 1.807) is 30.5 Å². The highest BCUT2D eigenvalue weighted by Gasteiger charge is 2.22. The molecule has 0 radical (unpaired) electrons. The molecule has 9 nitrogen and oxygen atoms in total. The molecular formula is C27H28F2N6O3S. The highest BCUT2D eigenvalue weighted by Crippen LogP contribution is 2.38. The van der Waals surface area contributed by atoms with E-state index in [0.717, 1.165) is 25.7 Å². The van der Waals surface area contributed by atoms with Crippen molar-refractivity contribution < 1.29 is 21.9 Å². The van der Waals surface area contributed by atoms with Crippen molar-refractivity contribution in [2.75, 3.05) is 28.6 Å². The van der Waals surface area contributed by atoms with Gasteiger partial charge in [0.1, 0.15) is 22.9 Å². The van der Waals surface area contributed by atoms with Gasteiger partial charge in [0.05, 0.1) is 24.2 Å². The predicted molar refractivity (Wildman–Crippen MR) is 148 cm³/mol. The van der Waals surface area contributed by atoms with E-state index in [1.807, 2.05) is 0 Å². The first-order valence-electron chi connectivity index (χ1n) is 12.6. The Bertz CT molecular complexity index is 1610. The molecule has 39 heavy (non-hydrogen) atoms. The number of alkyl halides is 1. The lowest BCUT2D eigenvalue weighted by Gasteiger charge is -2.18. The Morgan fingerprint density at radius 2 is 1.85 bits per heavy atom. The van der Waals surface area contributed by atoms with Crippen LogP contribution in [0.3, 0.4) is 0 Å². The first-order valence-corrected chi connectivity index (χ1v) is 14.2. The van der Waals surface area contributed by atoms with Gasteiger partial charge in [-0.25, -0.2) is 27.8 Å². The number of nitrogens with two attached hydrogens (primary N) is 2. The van der Waals surface area contributed by atoms with Crippen molar-refractivity contribution in [3.05, 3.63) is 54.5 Å². The summed E-state index contributed by atoms with van der Waals surface area (Å²) in [4.78, 5) is 13.3. The Kier molecular flexibility index (Phi) is 7.47. The number of sulfonamides is 1. The molecule has 2 aromatic heterocycles. The molecule has 0 amide bonds. The molecule has 2 aromatic carbocycles. The van der Waals surface area contributed by atoms with Crippen LogP contribution in [0.1, 0.15) is 32.1 Å². The number of aromatic nitrogens is 3. The van der Waals surface area contributed by atoms with Crippen molar-refractivity contribution in [3.63, 3.8) is 0 Å². The number of hydrogen-bond donors (Lipinski definition) is 3. The monoisotopic (exact) mass is 554 g/mol. The zero-order valence-corrected chi connectivity index (χ0v) is 21.8. The van der Waals surface area contributed by atoms with Crippen molar-refractivity contribution in [2.24, 2.45) is 0 Å². The molecule has 4 aromatic rings. The highest BCUT2D eigenvalue weighted by molar-refractivity contribution is 7.92. The number of rotatable bonds is 9. The number of halogens is 2. The summed E-state index contributed by atoms with van der Waals surface area (Å²) in [6.07, 6.45) is 5.19. The third kappa shape index (κ3) is 5.85. The van der Waals surface area contributed by atoms with Gasteiger partial charge in [-0.05, 0) is 68.0 Å². The molecular weight excluding hydrogens is 526 g/mol. The van der Waals surface area contributed by atoms with Gasteiger partial charge >= 0.3 is 0 Å². The summed E-state index contributed by atoms with van der Waals surface area (Å²) in [6, 6.07) is 11.1. The van der Waals surface area contributed by atoms with Gasteiger partial charge in [0.2, 0.25) is 10.0 Å². The van der Waals surface area contributed by atoms with E-state index in [0.29, 0.717) is 39.4 Å². The first-order chi connectivity index (χ1) is 18.7. The second-order valence-electron chi connectivity index (χ2n) is 9.43. The summed E-state index contributed by atoms with van der Waals surface area (Å²) in [5, 5.41) is 0.459. The van der Waals surface area contributed by atoms with E-state index >= 15 is 4.39 Å². The molecule has 2 heterocycles. The lowest BCUT2D eigenvalue weighted by Crippen LogP contribution is -2.18. The van der Waals surface area contributed by atoms with Crippen molar-refractivity contribution in [1.82, 2.24) is 15.0 Å². The highest BCUT2D eigenvalue weighted by atomic mass is 32.2. The average molecular weight is 555 g/mol. The van der Waals surface area contributed by atoms with Crippen LogP contribution in [0.5, 0.6) is 5.75 Å². The largest absolute Gasteiger partial charge is 0.488 e. The lowest BCUT2D eigenvalue weighted by molar-refractivity contribution is 0.212. The van der Waals surface area contributed by atoms with E-state index in [2.05, 4.69) is 14.7 Å². The maximum absolute atomic E-state index is 15.6. The third-order valence-electron chi connectivity index (χ3n) is 6.56. The summed E-state index contributed by atoms with van der Waals surface area (Å²) >= 11 is 0. The molecule has 0 spiro atoms. The van der Waals surface area contributed by atoms with Crippen LogP contribution < -0.4 is 20.9 Å². The van der Waals surface area contributed by atoms with Crippen molar-refractivity contribution in [2.45, 2.75) is 38.2 Å². The van der Waals surface area contributed by atoms with Gasteiger partial charge in [-0.3, -0.25) is 9.11 Å². The van der Waals surface area contributed by atoms with E-state index in [9.17, 15) is 12.8 Å². The molecule has 0 aliphatic heterocycles. The SMILES string of the molecule is Nc1ccc(-c2nc(N)c3cc(-c4cccc(NS(=O)(=O)CCCF)c4F)cc(OC4CCCC4)c3n2)cn1. The van der Waals surface area contributed by atoms with Crippen LogP contribution in [0.4, 0.5) is 26.1 Å². The fraction of sp³-hybridized carbons (Fsp3) is 0.296. The minimum atomic E-state index is -3.93. The normalized spacial score (nSPS) is 14.1. The smallest absolute Gasteiger partial charge is 0.232 e. The van der Waals surface area contributed by atoms with Crippen LogP contribution >= 0.6 is 0 Å². The van der Waals surface area contributed by atoms with Gasteiger partial charge < -0.3 is 16.2 Å². The maximum Gasteiger partial charge on any atom is 0.232 e. The number of hydrogen-bond acceptors (Lipinski definition) is 8. The quantitative estimate of drug-likeness (QED) is 0.259. The molecule has 1 aliphatic carbocycles. The number of nitrogens with zero attached hydrogens (tertiary/aromatic N) is 3. The molecule has 1 saturated carbocycles. The number of anilines is 3. The van der Waals surface area contributed by atoms with Gasteiger partial charge in [0.15, 0.2) is 11.6 Å². The fourth-order valence-electron chi connectivity index (χ4n) is 4.62. The predicted octanol–water partition coefficient (Wildman–Crippen LogP) is 5.09. The van der Waals surface area contributed by atoms with Crippen LogP contribution in [0, 0.1) is 5.82 Å². The molecule has 1 fully saturated rings. The average Bonchev–Trinajstić information content (AvgIpc) is 3.42. The van der Waals surface area contributed by atoms with Crippen molar-refractivity contribution in [3.8, 4) is 28.3 Å². The Morgan fingerprint density at radius 1 is 1.05 bits per heavy atom. The van der Waals surface area contributed by atoms with E-state index < -0.39 is 28.3 Å². The van der Waals surface area contributed by atoms with Crippen molar-refractivity contribution in [1.29, 1.82) is 0 Å². The number of benzene rings is 2. The minimum Gasteiger partial charge on any atom is -0.488 e. The van der Waals surface area contributed by atoms with Crippen LogP contribution in [-0.2, 0) is 10.0 Å². The number of nitrogens with one attached hydrogen (secondary N) is 1. The Balaban J connectivity index is 1.62. The Morgan fingerprint density at radius 3 is 2.56 bits per heavy atom. The third-order valence-corrected chi connectivity index (χ3v) is 7.91. The van der Waals surface area contributed by atoms with Crippen molar-refractivity contribution >= 4 is 38.2 Å². The molecule has 12 heteroatoms. The van der Waals surface area contributed by atoms with Crippen LogP contribution in [0.25, 0.3) is 33.4 Å². The zero-order chi connectivity index (χ0) is 27.6. The molecule has 5 N–H and O–H groups in total. The topological polar surface area (TPSA) is 146 Å². The summed E-state index contributed by atoms with van der Waals surface area (Å²) in [7, 11) is -3.93. The van der Waals surface area contributed by atoms with Gasteiger partial charge in [0, 0.05) is 22.7 Å². The molecule has 0 saturated heterocycles. The standard InChI is InChI=1S/C27H28F2N6O3S/c28-11-4-12-39(36,37)35-21-8-3-7-19(24(21)29)17-13-20-25(22(14-17)38-18-5-1-2-6-18)33-27(34-26(20)31)16-9-10-23(30)32-15-16/h3,7-10,13-15,18,35H,1-2,4-6,11-12H2,(H2,30,32)(H2,31,33,34). The molecule has 0 unspecified atom stereocenters. The van der Waals surface area contributed by atoms with E-state index in [4.69, 9.17) is 21.2 Å². The van der Waals surface area contributed by atoms with Gasteiger partial charge in [-0.15, -0.1) is 0 Å². The van der Waals surface area contributed by atoms with Crippen LogP contribution in [0.15, 0.2) is 48.7 Å². The Labute approximate surface area is 224 Å². The van der Waals surface area contributed by atoms with Gasteiger partial charge in [0.25, 0.3) is 0 Å². The number of nitrogen functional groups attached to an aromatic ring is 2. The molecule has 1 aliphatic rings. The Hall–Kier alpha value is -4.06. The molecule has 0 bridgehead atoms. The van der Waals surface area contributed by atoms with Gasteiger partial charge in [-0.1, -0.05) is 12.1 Å². The summed E-state index contributed by atoms with van der Waals surface area (Å²) in [5.74, 6) is 0.0395. The molecule has 0 atom stereocenters. The fourth-order valence-corrected chi connectivity index (χ4v) is 5.70. The molecule has 204 valence electrons. The van der Waals surface area contributed by atoms with E-state index in [-0.39, 0.29) is 29.6 Å². The van der Waals surface area contributed by atoms with Gasteiger partial charge in [-0.2, -0.15) is 0 Å². The van der Waals surface area contributed by atoms with Crippen LogP contribution in [-0.4, -0.2) is 41.9 Å². The number of fused-ring (bicyclic) bond motifs is 1. The zero-order valence-electron chi connectivity index (χ0n) is 21.0. The first kappa shape index (κ1) is 26.5. The number of pyridine rings is 1. The minimum absolute atomic E-state index is 0.0280. The summed E-state index contributed by atoms with van der Waals surface area (Å²) in [6.45, 7) is -0.787. The summed E-state index contributed by atoms with van der Waals surface area (Å²) in [5.41, 5.74) is 13.5.